The highest BCUT2D eigenvalue weighted by Gasteiger charge is 2.12. The second-order valence-corrected chi connectivity index (χ2v) is 4.45. The summed E-state index contributed by atoms with van der Waals surface area (Å²) in [4.78, 5) is 24.3. The van der Waals surface area contributed by atoms with E-state index in [0.29, 0.717) is 18.1 Å². The molecule has 7 heteroatoms. The van der Waals surface area contributed by atoms with Gasteiger partial charge in [-0.05, 0) is 13.8 Å². The van der Waals surface area contributed by atoms with Crippen molar-refractivity contribution in [3.63, 3.8) is 0 Å². The highest BCUT2D eigenvalue weighted by Crippen LogP contribution is 2.02. The molecule has 2 N–H and O–H groups in total. The number of nitrogens with zero attached hydrogens (tertiary/aromatic N) is 4. The van der Waals surface area contributed by atoms with Crippen LogP contribution in [0.3, 0.4) is 0 Å². The summed E-state index contributed by atoms with van der Waals surface area (Å²) in [5.74, 6) is 0.368. The molecule has 7 nitrogen and oxygen atoms in total. The Morgan fingerprint density at radius 3 is 2.95 bits per heavy atom. The van der Waals surface area contributed by atoms with Crippen LogP contribution in [-0.4, -0.2) is 38.0 Å². The van der Waals surface area contributed by atoms with Crippen molar-refractivity contribution in [1.29, 1.82) is 0 Å². The summed E-state index contributed by atoms with van der Waals surface area (Å²) in [5.41, 5.74) is 0.306. The SMILES string of the molecule is CCNc1cncc(C(=O)NC(C)Cn2ccnc2)n1. The molecule has 0 spiro atoms. The highest BCUT2D eigenvalue weighted by atomic mass is 16.1. The van der Waals surface area contributed by atoms with Crippen LogP contribution in [0.25, 0.3) is 0 Å². The minimum Gasteiger partial charge on any atom is -0.369 e. The van der Waals surface area contributed by atoms with Crippen molar-refractivity contribution in [2.75, 3.05) is 11.9 Å². The molecule has 0 fully saturated rings. The Morgan fingerprint density at radius 1 is 1.40 bits per heavy atom. The van der Waals surface area contributed by atoms with E-state index < -0.39 is 0 Å². The molecular weight excluding hydrogens is 256 g/mol. The van der Waals surface area contributed by atoms with Gasteiger partial charge in [-0.25, -0.2) is 9.97 Å². The van der Waals surface area contributed by atoms with Crippen LogP contribution in [0.4, 0.5) is 5.82 Å². The molecule has 0 bridgehead atoms. The van der Waals surface area contributed by atoms with Gasteiger partial charge >= 0.3 is 0 Å². The summed E-state index contributed by atoms with van der Waals surface area (Å²) in [5, 5.41) is 5.91. The fourth-order valence-electron chi connectivity index (χ4n) is 1.80. The fourth-order valence-corrected chi connectivity index (χ4v) is 1.80. The smallest absolute Gasteiger partial charge is 0.271 e. The Hall–Kier alpha value is -2.44. The molecule has 2 rings (SSSR count). The molecule has 0 aliphatic carbocycles. The van der Waals surface area contributed by atoms with Gasteiger partial charge in [0.05, 0.1) is 18.7 Å². The number of imidazole rings is 1. The Bertz CT molecular complexity index is 554. The maximum absolute atomic E-state index is 12.1. The Labute approximate surface area is 117 Å². The first-order chi connectivity index (χ1) is 9.69. The summed E-state index contributed by atoms with van der Waals surface area (Å²) in [6.07, 6.45) is 8.33. The molecule has 106 valence electrons. The predicted molar refractivity (Wildman–Crippen MR) is 75.4 cm³/mol. The van der Waals surface area contributed by atoms with Crippen LogP contribution >= 0.6 is 0 Å². The fraction of sp³-hybridized carbons (Fsp3) is 0.385. The molecule has 1 amide bonds. The van der Waals surface area contributed by atoms with E-state index in [1.54, 1.807) is 18.7 Å². The zero-order valence-corrected chi connectivity index (χ0v) is 11.6. The molecule has 2 aromatic rings. The lowest BCUT2D eigenvalue weighted by atomic mass is 10.3. The zero-order valence-electron chi connectivity index (χ0n) is 11.6. The van der Waals surface area contributed by atoms with Crippen LogP contribution < -0.4 is 10.6 Å². The number of hydrogen-bond acceptors (Lipinski definition) is 5. The third-order valence-corrected chi connectivity index (χ3v) is 2.65. The van der Waals surface area contributed by atoms with Gasteiger partial charge in [0, 0.05) is 31.5 Å². The van der Waals surface area contributed by atoms with E-state index in [9.17, 15) is 4.79 Å². The number of carbonyl (C=O) groups excluding carboxylic acids is 1. The van der Waals surface area contributed by atoms with Crippen LogP contribution in [-0.2, 0) is 6.54 Å². The number of rotatable bonds is 6. The molecule has 0 aromatic carbocycles. The molecule has 20 heavy (non-hydrogen) atoms. The maximum atomic E-state index is 12.1. The van der Waals surface area contributed by atoms with Gasteiger partial charge in [-0.1, -0.05) is 0 Å². The average molecular weight is 274 g/mol. The third kappa shape index (κ3) is 3.78. The van der Waals surface area contributed by atoms with Crippen LogP contribution in [0.1, 0.15) is 24.3 Å². The minimum absolute atomic E-state index is 0.0266. The van der Waals surface area contributed by atoms with Gasteiger partial charge in [0.15, 0.2) is 0 Å². The second-order valence-electron chi connectivity index (χ2n) is 4.45. The molecule has 0 radical (unpaired) electrons. The lowest BCUT2D eigenvalue weighted by Crippen LogP contribution is -2.36. The lowest BCUT2D eigenvalue weighted by Gasteiger charge is -2.14. The number of amides is 1. The van der Waals surface area contributed by atoms with E-state index in [1.807, 2.05) is 24.6 Å². The van der Waals surface area contributed by atoms with E-state index in [1.165, 1.54) is 6.20 Å². The molecule has 1 atom stereocenters. The van der Waals surface area contributed by atoms with E-state index >= 15 is 0 Å². The average Bonchev–Trinajstić information content (AvgIpc) is 2.92. The Balaban J connectivity index is 1.95. The second kappa shape index (κ2) is 6.65. The van der Waals surface area contributed by atoms with Crippen LogP contribution in [0, 0.1) is 0 Å². The van der Waals surface area contributed by atoms with Gasteiger partial charge in [-0.2, -0.15) is 0 Å². The molecular formula is C13H18N6O. The normalized spacial score (nSPS) is 11.9. The number of nitrogens with one attached hydrogen (secondary N) is 2. The topological polar surface area (TPSA) is 84.7 Å². The Morgan fingerprint density at radius 2 is 2.25 bits per heavy atom. The van der Waals surface area contributed by atoms with Crippen LogP contribution in [0.2, 0.25) is 0 Å². The van der Waals surface area contributed by atoms with Gasteiger partial charge in [0.1, 0.15) is 11.5 Å². The minimum atomic E-state index is -0.232. The molecule has 0 saturated heterocycles. The first-order valence-electron chi connectivity index (χ1n) is 6.51. The van der Waals surface area contributed by atoms with Crippen molar-refractivity contribution >= 4 is 11.7 Å². The predicted octanol–water partition coefficient (Wildman–Crippen LogP) is 0.923. The first kappa shape index (κ1) is 14.0. The van der Waals surface area contributed by atoms with Gasteiger partial charge in [0.25, 0.3) is 5.91 Å². The van der Waals surface area contributed by atoms with Crippen molar-refractivity contribution < 1.29 is 4.79 Å². The highest BCUT2D eigenvalue weighted by molar-refractivity contribution is 5.92. The van der Waals surface area contributed by atoms with Gasteiger partial charge < -0.3 is 15.2 Å². The Kier molecular flexibility index (Phi) is 4.65. The molecule has 0 aliphatic heterocycles. The largest absolute Gasteiger partial charge is 0.369 e. The van der Waals surface area contributed by atoms with Crippen molar-refractivity contribution in [2.45, 2.75) is 26.4 Å². The van der Waals surface area contributed by atoms with E-state index in [0.717, 1.165) is 6.54 Å². The van der Waals surface area contributed by atoms with Crippen molar-refractivity contribution in [1.82, 2.24) is 24.8 Å². The number of hydrogen-bond donors (Lipinski definition) is 2. The van der Waals surface area contributed by atoms with E-state index in [-0.39, 0.29) is 11.9 Å². The van der Waals surface area contributed by atoms with Crippen molar-refractivity contribution in [3.8, 4) is 0 Å². The van der Waals surface area contributed by atoms with Crippen LogP contribution in [0.15, 0.2) is 31.1 Å². The monoisotopic (exact) mass is 274 g/mol. The first-order valence-corrected chi connectivity index (χ1v) is 6.51. The molecule has 2 heterocycles. The molecule has 0 aliphatic rings. The summed E-state index contributed by atoms with van der Waals surface area (Å²) < 4.78 is 1.91. The van der Waals surface area contributed by atoms with Crippen molar-refractivity contribution in [2.24, 2.45) is 0 Å². The van der Waals surface area contributed by atoms with Crippen LogP contribution in [0.5, 0.6) is 0 Å². The third-order valence-electron chi connectivity index (χ3n) is 2.65. The van der Waals surface area contributed by atoms with Crippen molar-refractivity contribution in [3.05, 3.63) is 36.8 Å². The quantitative estimate of drug-likeness (QED) is 0.818. The van der Waals surface area contributed by atoms with Gasteiger partial charge in [-0.3, -0.25) is 9.78 Å². The van der Waals surface area contributed by atoms with Gasteiger partial charge in [0.2, 0.25) is 0 Å². The maximum Gasteiger partial charge on any atom is 0.271 e. The summed E-state index contributed by atoms with van der Waals surface area (Å²) in [7, 11) is 0. The lowest BCUT2D eigenvalue weighted by molar-refractivity contribution is 0.0931. The molecule has 2 aromatic heterocycles. The van der Waals surface area contributed by atoms with E-state index in [4.69, 9.17) is 0 Å². The number of carbonyl (C=O) groups is 1. The summed E-state index contributed by atoms with van der Waals surface area (Å²) in [6.45, 7) is 5.28. The van der Waals surface area contributed by atoms with E-state index in [2.05, 4.69) is 25.6 Å². The summed E-state index contributed by atoms with van der Waals surface area (Å²) in [6, 6.07) is -0.0266. The summed E-state index contributed by atoms with van der Waals surface area (Å²) >= 11 is 0. The molecule has 0 saturated carbocycles. The molecule has 1 unspecified atom stereocenters. The number of anilines is 1. The van der Waals surface area contributed by atoms with Gasteiger partial charge in [-0.15, -0.1) is 0 Å². The number of aromatic nitrogens is 4. The standard InChI is InChI=1S/C13H18N6O/c1-3-16-12-7-15-6-11(18-12)13(20)17-10(2)8-19-5-4-14-9-19/h4-7,9-10H,3,8H2,1-2H3,(H,16,18)(H,17,20). The zero-order chi connectivity index (χ0) is 14.4.